The van der Waals surface area contributed by atoms with Crippen LogP contribution in [0.5, 0.6) is 11.5 Å². The van der Waals surface area contributed by atoms with E-state index in [1.165, 1.54) is 20.2 Å². The lowest BCUT2D eigenvalue weighted by molar-refractivity contribution is -0.132. The van der Waals surface area contributed by atoms with Crippen molar-refractivity contribution >= 4 is 29.0 Å². The molecule has 1 amide bonds. The number of hydrogen-bond acceptors (Lipinski definition) is 6. The van der Waals surface area contributed by atoms with Crippen LogP contribution in [0.1, 0.15) is 28.5 Å². The van der Waals surface area contributed by atoms with Gasteiger partial charge >= 0.3 is 5.97 Å². The first-order valence-corrected chi connectivity index (χ1v) is 8.54. The van der Waals surface area contributed by atoms with Crippen LogP contribution >= 0.6 is 0 Å². The summed E-state index contributed by atoms with van der Waals surface area (Å²) in [5.41, 5.74) is 5.20. The predicted octanol–water partition coefficient (Wildman–Crippen LogP) is 3.24. The van der Waals surface area contributed by atoms with Crippen LogP contribution in [-0.2, 0) is 4.79 Å². The lowest BCUT2D eigenvalue weighted by Gasteiger charge is -2.08. The number of nitrogens with zero attached hydrogens (tertiary/aromatic N) is 2. The van der Waals surface area contributed by atoms with E-state index in [4.69, 9.17) is 9.47 Å². The number of ether oxygens (including phenoxy) is 2. The smallest absolute Gasteiger partial charge is 0.308 e. The van der Waals surface area contributed by atoms with Crippen LogP contribution in [0.4, 0.5) is 0 Å². The minimum absolute atomic E-state index is 0.315. The average molecular weight is 377 g/mol. The van der Waals surface area contributed by atoms with E-state index >= 15 is 0 Å². The summed E-state index contributed by atoms with van der Waals surface area (Å²) < 4.78 is 10.3. The fourth-order valence-corrected chi connectivity index (χ4v) is 2.72. The second kappa shape index (κ2) is 8.30. The summed E-state index contributed by atoms with van der Waals surface area (Å²) in [6.07, 6.45) is 1.48. The summed E-state index contributed by atoms with van der Waals surface area (Å²) in [6, 6.07) is 14.1. The third kappa shape index (κ3) is 4.32. The Morgan fingerprint density at radius 1 is 1.11 bits per heavy atom. The van der Waals surface area contributed by atoms with Gasteiger partial charge in [-0.3, -0.25) is 14.6 Å². The van der Waals surface area contributed by atoms with Gasteiger partial charge in [0, 0.05) is 18.0 Å². The van der Waals surface area contributed by atoms with Crippen molar-refractivity contribution in [3.63, 3.8) is 0 Å². The summed E-state index contributed by atoms with van der Waals surface area (Å²) in [7, 11) is 1.47. The van der Waals surface area contributed by atoms with Gasteiger partial charge in [0.2, 0.25) is 0 Å². The molecule has 1 heterocycles. The van der Waals surface area contributed by atoms with Crippen molar-refractivity contribution in [1.82, 2.24) is 10.4 Å². The Balaban J connectivity index is 1.78. The minimum atomic E-state index is -0.438. The maximum absolute atomic E-state index is 12.6. The van der Waals surface area contributed by atoms with Gasteiger partial charge in [-0.05, 0) is 42.8 Å². The molecular formula is C21H19N3O4. The minimum Gasteiger partial charge on any atom is -0.493 e. The van der Waals surface area contributed by atoms with Crippen LogP contribution in [0.3, 0.4) is 0 Å². The van der Waals surface area contributed by atoms with Crippen molar-refractivity contribution in [3.8, 4) is 11.5 Å². The molecular weight excluding hydrogens is 358 g/mol. The quantitative estimate of drug-likeness (QED) is 0.319. The number of hydrazone groups is 1. The van der Waals surface area contributed by atoms with Crippen molar-refractivity contribution in [2.45, 2.75) is 13.8 Å². The fourth-order valence-electron chi connectivity index (χ4n) is 2.72. The SMILES string of the molecule is COc1cc(C=NNC(=O)c2cc(C)nc3ccccc23)ccc1OC(C)=O. The van der Waals surface area contributed by atoms with E-state index in [1.807, 2.05) is 31.2 Å². The van der Waals surface area contributed by atoms with E-state index in [1.54, 1.807) is 24.3 Å². The molecule has 0 aliphatic heterocycles. The number of nitrogens with one attached hydrogen (secondary N) is 1. The molecule has 0 radical (unpaired) electrons. The number of aromatic nitrogens is 1. The summed E-state index contributed by atoms with van der Waals surface area (Å²) in [6.45, 7) is 3.15. The number of carbonyl (C=O) groups is 2. The molecule has 1 aromatic heterocycles. The standard InChI is InChI=1S/C21H19N3O4/c1-13-10-17(16-6-4-5-7-18(16)23-13)21(26)24-22-12-15-8-9-19(28-14(2)25)20(11-15)27-3/h4-12H,1-3H3,(H,24,26). The van der Waals surface area contributed by atoms with E-state index in [-0.39, 0.29) is 5.91 Å². The number of carbonyl (C=O) groups excluding carboxylic acids is 2. The zero-order valence-corrected chi connectivity index (χ0v) is 15.7. The van der Waals surface area contributed by atoms with Gasteiger partial charge in [0.1, 0.15) is 0 Å². The van der Waals surface area contributed by atoms with Crippen LogP contribution in [-0.4, -0.2) is 30.2 Å². The lowest BCUT2D eigenvalue weighted by Crippen LogP contribution is -2.18. The third-order valence-electron chi connectivity index (χ3n) is 3.91. The molecule has 0 unspecified atom stereocenters. The number of pyridine rings is 1. The average Bonchev–Trinajstić information content (AvgIpc) is 2.67. The first-order chi connectivity index (χ1) is 13.5. The normalized spacial score (nSPS) is 10.8. The topological polar surface area (TPSA) is 89.9 Å². The molecule has 0 fully saturated rings. The Bertz CT molecular complexity index is 1080. The van der Waals surface area contributed by atoms with Gasteiger partial charge in [0.05, 0.1) is 24.4 Å². The van der Waals surface area contributed by atoms with Crippen LogP contribution < -0.4 is 14.9 Å². The Kier molecular flexibility index (Phi) is 5.64. The number of para-hydroxylation sites is 1. The summed E-state index contributed by atoms with van der Waals surface area (Å²) in [5.74, 6) is -0.0653. The number of hydrogen-bond donors (Lipinski definition) is 1. The Hall–Kier alpha value is -3.74. The first kappa shape index (κ1) is 19.0. The number of rotatable bonds is 5. The zero-order valence-electron chi connectivity index (χ0n) is 15.7. The van der Waals surface area contributed by atoms with Gasteiger partial charge in [-0.2, -0.15) is 5.10 Å². The molecule has 0 aliphatic rings. The summed E-state index contributed by atoms with van der Waals surface area (Å²) in [4.78, 5) is 28.1. The molecule has 1 N–H and O–H groups in total. The van der Waals surface area contributed by atoms with E-state index in [0.29, 0.717) is 22.6 Å². The molecule has 0 bridgehead atoms. The van der Waals surface area contributed by atoms with E-state index in [2.05, 4.69) is 15.5 Å². The molecule has 28 heavy (non-hydrogen) atoms. The highest BCUT2D eigenvalue weighted by Crippen LogP contribution is 2.27. The largest absolute Gasteiger partial charge is 0.493 e. The van der Waals surface area contributed by atoms with E-state index in [9.17, 15) is 9.59 Å². The van der Waals surface area contributed by atoms with Crippen molar-refractivity contribution in [2.24, 2.45) is 5.10 Å². The van der Waals surface area contributed by atoms with Gasteiger partial charge in [0.25, 0.3) is 5.91 Å². The highest BCUT2D eigenvalue weighted by molar-refractivity contribution is 6.06. The third-order valence-corrected chi connectivity index (χ3v) is 3.91. The molecule has 142 valence electrons. The van der Waals surface area contributed by atoms with E-state index < -0.39 is 5.97 Å². The Morgan fingerprint density at radius 2 is 1.89 bits per heavy atom. The molecule has 0 aliphatic carbocycles. The number of benzene rings is 2. The number of esters is 1. The van der Waals surface area contributed by atoms with Crippen LogP contribution in [0.15, 0.2) is 53.6 Å². The van der Waals surface area contributed by atoms with E-state index in [0.717, 1.165) is 16.6 Å². The molecule has 0 saturated carbocycles. The highest BCUT2D eigenvalue weighted by Gasteiger charge is 2.11. The fraction of sp³-hybridized carbons (Fsp3) is 0.143. The predicted molar refractivity (Wildman–Crippen MR) is 106 cm³/mol. The van der Waals surface area contributed by atoms with Crippen LogP contribution in [0.25, 0.3) is 10.9 Å². The second-order valence-corrected chi connectivity index (χ2v) is 6.03. The molecule has 0 saturated heterocycles. The number of fused-ring (bicyclic) bond motifs is 1. The number of aryl methyl sites for hydroxylation is 1. The summed E-state index contributed by atoms with van der Waals surface area (Å²) in [5, 5.41) is 4.77. The van der Waals surface area contributed by atoms with Crippen LogP contribution in [0.2, 0.25) is 0 Å². The van der Waals surface area contributed by atoms with Crippen LogP contribution in [0, 0.1) is 6.92 Å². The molecule has 0 spiro atoms. The van der Waals surface area contributed by atoms with Crippen molar-refractivity contribution < 1.29 is 19.1 Å². The monoisotopic (exact) mass is 377 g/mol. The van der Waals surface area contributed by atoms with Gasteiger partial charge in [-0.15, -0.1) is 0 Å². The number of methoxy groups -OCH3 is 1. The molecule has 3 aromatic rings. The second-order valence-electron chi connectivity index (χ2n) is 6.03. The van der Waals surface area contributed by atoms with Gasteiger partial charge in [-0.1, -0.05) is 18.2 Å². The van der Waals surface area contributed by atoms with Crippen molar-refractivity contribution in [3.05, 3.63) is 65.4 Å². The maximum Gasteiger partial charge on any atom is 0.308 e. The van der Waals surface area contributed by atoms with Crippen molar-refractivity contribution in [1.29, 1.82) is 0 Å². The van der Waals surface area contributed by atoms with Crippen molar-refractivity contribution in [2.75, 3.05) is 7.11 Å². The first-order valence-electron chi connectivity index (χ1n) is 8.54. The number of amides is 1. The molecule has 2 aromatic carbocycles. The molecule has 7 nitrogen and oxygen atoms in total. The van der Waals surface area contributed by atoms with Gasteiger partial charge < -0.3 is 9.47 Å². The van der Waals surface area contributed by atoms with Gasteiger partial charge in [-0.25, -0.2) is 5.43 Å². The Morgan fingerprint density at radius 3 is 2.64 bits per heavy atom. The maximum atomic E-state index is 12.6. The summed E-state index contributed by atoms with van der Waals surface area (Å²) >= 11 is 0. The molecule has 3 rings (SSSR count). The van der Waals surface area contributed by atoms with Gasteiger partial charge in [0.15, 0.2) is 11.5 Å². The highest BCUT2D eigenvalue weighted by atomic mass is 16.6. The lowest BCUT2D eigenvalue weighted by atomic mass is 10.1. The molecule has 7 heteroatoms. The molecule has 0 atom stereocenters. The zero-order chi connectivity index (χ0) is 20.1. The Labute approximate surface area is 162 Å².